The summed E-state index contributed by atoms with van der Waals surface area (Å²) in [6.45, 7) is 1.77. The summed E-state index contributed by atoms with van der Waals surface area (Å²) in [7, 11) is 1.28. The van der Waals surface area contributed by atoms with Crippen molar-refractivity contribution in [1.82, 2.24) is 4.98 Å². The van der Waals surface area contributed by atoms with E-state index in [9.17, 15) is 14.4 Å². The van der Waals surface area contributed by atoms with Crippen LogP contribution in [0, 0.1) is 6.92 Å². The standard InChI is InChI=1S/C13H13NO5/c1-7-5-8(9(15)3-4-11(16)18-2)6-10-12(7)14-13(17)19-10/h5-6H,3-4H2,1-2H3,(H,14,17). The predicted molar refractivity (Wildman–Crippen MR) is 67.2 cm³/mol. The smallest absolute Gasteiger partial charge is 0.417 e. The second kappa shape index (κ2) is 5.09. The number of carbonyl (C=O) groups excluding carboxylic acids is 2. The average molecular weight is 263 g/mol. The number of fused-ring (bicyclic) bond motifs is 1. The fraction of sp³-hybridized carbons (Fsp3) is 0.308. The van der Waals surface area contributed by atoms with Gasteiger partial charge >= 0.3 is 11.7 Å². The number of aromatic amines is 1. The molecule has 0 atom stereocenters. The van der Waals surface area contributed by atoms with Gasteiger partial charge in [-0.2, -0.15) is 0 Å². The number of carbonyl (C=O) groups is 2. The molecule has 2 rings (SSSR count). The zero-order valence-corrected chi connectivity index (χ0v) is 10.6. The number of benzene rings is 1. The van der Waals surface area contributed by atoms with Crippen molar-refractivity contribution in [2.24, 2.45) is 0 Å². The van der Waals surface area contributed by atoms with Crippen LogP contribution < -0.4 is 5.76 Å². The minimum Gasteiger partial charge on any atom is -0.469 e. The van der Waals surface area contributed by atoms with Crippen molar-refractivity contribution in [3.05, 3.63) is 33.8 Å². The number of Topliss-reactive ketones (excluding diaryl/α,β-unsaturated/α-hetero) is 1. The number of aryl methyl sites for hydroxylation is 1. The van der Waals surface area contributed by atoms with Crippen LogP contribution in [-0.4, -0.2) is 23.8 Å². The Kier molecular flexibility index (Phi) is 3.50. The number of hydrogen-bond donors (Lipinski definition) is 1. The molecule has 0 bridgehead atoms. The van der Waals surface area contributed by atoms with Gasteiger partial charge in [0, 0.05) is 12.0 Å². The van der Waals surface area contributed by atoms with Gasteiger partial charge in [0.05, 0.1) is 19.0 Å². The third kappa shape index (κ3) is 2.73. The van der Waals surface area contributed by atoms with Crippen LogP contribution in [0.5, 0.6) is 0 Å². The molecule has 6 nitrogen and oxygen atoms in total. The van der Waals surface area contributed by atoms with Gasteiger partial charge in [0.25, 0.3) is 0 Å². The lowest BCUT2D eigenvalue weighted by molar-refractivity contribution is -0.140. The molecule has 1 heterocycles. The van der Waals surface area contributed by atoms with Crippen LogP contribution >= 0.6 is 0 Å². The number of oxazole rings is 1. The van der Waals surface area contributed by atoms with Crippen LogP contribution in [0.4, 0.5) is 0 Å². The Morgan fingerprint density at radius 2 is 2.05 bits per heavy atom. The van der Waals surface area contributed by atoms with Gasteiger partial charge < -0.3 is 9.15 Å². The quantitative estimate of drug-likeness (QED) is 0.668. The molecule has 1 N–H and O–H groups in total. The number of ether oxygens (including phenoxy) is 1. The van der Waals surface area contributed by atoms with E-state index >= 15 is 0 Å². The van der Waals surface area contributed by atoms with E-state index in [1.165, 1.54) is 13.2 Å². The van der Waals surface area contributed by atoms with Crippen LogP contribution in [0.2, 0.25) is 0 Å². The zero-order valence-electron chi connectivity index (χ0n) is 10.6. The van der Waals surface area contributed by atoms with Gasteiger partial charge in [0.15, 0.2) is 11.4 Å². The van der Waals surface area contributed by atoms with Crippen LogP contribution in [-0.2, 0) is 9.53 Å². The fourth-order valence-corrected chi connectivity index (χ4v) is 1.85. The first kappa shape index (κ1) is 13.1. The van der Waals surface area contributed by atoms with E-state index in [0.717, 1.165) is 5.56 Å². The van der Waals surface area contributed by atoms with Crippen LogP contribution in [0.15, 0.2) is 21.3 Å². The van der Waals surface area contributed by atoms with Crippen molar-refractivity contribution in [2.75, 3.05) is 7.11 Å². The van der Waals surface area contributed by atoms with E-state index in [-0.39, 0.29) is 18.6 Å². The maximum Gasteiger partial charge on any atom is 0.417 e. The molecule has 0 saturated heterocycles. The van der Waals surface area contributed by atoms with Gasteiger partial charge in [-0.25, -0.2) is 4.79 Å². The highest BCUT2D eigenvalue weighted by molar-refractivity contribution is 6.00. The summed E-state index contributed by atoms with van der Waals surface area (Å²) in [6.07, 6.45) is 0.0930. The minimum absolute atomic E-state index is 0.0313. The normalized spacial score (nSPS) is 10.6. The maximum atomic E-state index is 11.9. The number of rotatable bonds is 4. The summed E-state index contributed by atoms with van der Waals surface area (Å²) in [5.74, 6) is -1.18. The summed E-state index contributed by atoms with van der Waals surface area (Å²) >= 11 is 0. The third-order valence-corrected chi connectivity index (χ3v) is 2.83. The van der Waals surface area contributed by atoms with Gasteiger partial charge in [-0.15, -0.1) is 0 Å². The highest BCUT2D eigenvalue weighted by Crippen LogP contribution is 2.19. The molecule has 0 unspecified atom stereocenters. The van der Waals surface area contributed by atoms with Crippen LogP contribution in [0.1, 0.15) is 28.8 Å². The van der Waals surface area contributed by atoms with E-state index in [4.69, 9.17) is 4.42 Å². The summed E-state index contributed by atoms with van der Waals surface area (Å²) < 4.78 is 9.41. The van der Waals surface area contributed by atoms with E-state index in [2.05, 4.69) is 9.72 Å². The number of H-pyrrole nitrogens is 1. The molecule has 0 spiro atoms. The first-order valence-corrected chi connectivity index (χ1v) is 5.74. The Morgan fingerprint density at radius 1 is 1.32 bits per heavy atom. The van der Waals surface area contributed by atoms with E-state index in [1.54, 1.807) is 13.0 Å². The second-order valence-corrected chi connectivity index (χ2v) is 4.18. The van der Waals surface area contributed by atoms with Gasteiger partial charge in [-0.3, -0.25) is 14.6 Å². The highest BCUT2D eigenvalue weighted by atomic mass is 16.5. The Labute approximate surface area is 108 Å². The number of hydrogen-bond acceptors (Lipinski definition) is 5. The van der Waals surface area contributed by atoms with Crippen molar-refractivity contribution in [3.63, 3.8) is 0 Å². The van der Waals surface area contributed by atoms with Gasteiger partial charge in [-0.1, -0.05) is 0 Å². The Hall–Kier alpha value is -2.37. The molecule has 0 saturated carbocycles. The largest absolute Gasteiger partial charge is 0.469 e. The number of nitrogens with one attached hydrogen (secondary N) is 1. The summed E-state index contributed by atoms with van der Waals surface area (Å²) in [6, 6.07) is 3.16. The molecule has 1 aromatic heterocycles. The first-order valence-electron chi connectivity index (χ1n) is 5.74. The Balaban J connectivity index is 2.27. The number of aromatic nitrogens is 1. The molecule has 0 amide bonds. The SMILES string of the molecule is COC(=O)CCC(=O)c1cc(C)c2[nH]c(=O)oc2c1. The van der Waals surface area contributed by atoms with Gasteiger partial charge in [-0.05, 0) is 24.6 Å². The molecule has 0 radical (unpaired) electrons. The molecular weight excluding hydrogens is 250 g/mol. The lowest BCUT2D eigenvalue weighted by Crippen LogP contribution is -2.06. The molecule has 19 heavy (non-hydrogen) atoms. The molecule has 100 valence electrons. The van der Waals surface area contributed by atoms with Gasteiger partial charge in [0.1, 0.15) is 0 Å². The monoisotopic (exact) mass is 263 g/mol. The maximum absolute atomic E-state index is 11.9. The first-order chi connectivity index (χ1) is 9.01. The van der Waals surface area contributed by atoms with E-state index in [0.29, 0.717) is 16.7 Å². The second-order valence-electron chi connectivity index (χ2n) is 4.18. The predicted octanol–water partition coefficient (Wildman–Crippen LogP) is 1.57. The summed E-state index contributed by atoms with van der Waals surface area (Å²) in [5.41, 5.74) is 2.07. The van der Waals surface area contributed by atoms with Crippen molar-refractivity contribution in [3.8, 4) is 0 Å². The van der Waals surface area contributed by atoms with Gasteiger partial charge in [0.2, 0.25) is 0 Å². The Morgan fingerprint density at radius 3 is 2.74 bits per heavy atom. The lowest BCUT2D eigenvalue weighted by Gasteiger charge is -2.02. The van der Waals surface area contributed by atoms with Crippen LogP contribution in [0.3, 0.4) is 0 Å². The van der Waals surface area contributed by atoms with Crippen molar-refractivity contribution in [2.45, 2.75) is 19.8 Å². The molecule has 2 aromatic rings. The molecule has 0 fully saturated rings. The molecule has 1 aromatic carbocycles. The highest BCUT2D eigenvalue weighted by Gasteiger charge is 2.13. The molecule has 0 aliphatic carbocycles. The molecule has 6 heteroatoms. The summed E-state index contributed by atoms with van der Waals surface area (Å²) in [5, 5.41) is 0. The Bertz CT molecular complexity index is 695. The van der Waals surface area contributed by atoms with Crippen molar-refractivity contribution < 1.29 is 18.7 Å². The third-order valence-electron chi connectivity index (χ3n) is 2.83. The molecular formula is C13H13NO5. The summed E-state index contributed by atoms with van der Waals surface area (Å²) in [4.78, 5) is 36.6. The average Bonchev–Trinajstić information content (AvgIpc) is 2.76. The van der Waals surface area contributed by atoms with Crippen LogP contribution in [0.25, 0.3) is 11.1 Å². The minimum atomic E-state index is -0.558. The zero-order chi connectivity index (χ0) is 14.0. The van der Waals surface area contributed by atoms with Crippen molar-refractivity contribution in [1.29, 1.82) is 0 Å². The number of methoxy groups -OCH3 is 1. The van der Waals surface area contributed by atoms with E-state index < -0.39 is 11.7 Å². The molecule has 0 aliphatic heterocycles. The fourth-order valence-electron chi connectivity index (χ4n) is 1.85. The number of esters is 1. The molecule has 0 aliphatic rings. The van der Waals surface area contributed by atoms with Crippen molar-refractivity contribution >= 4 is 22.9 Å². The topological polar surface area (TPSA) is 89.4 Å². The number of ketones is 1. The lowest BCUT2D eigenvalue weighted by atomic mass is 10.0. The van der Waals surface area contributed by atoms with E-state index in [1.807, 2.05) is 0 Å².